The number of rotatable bonds is 3. The number of alkyl halides is 1. The summed E-state index contributed by atoms with van der Waals surface area (Å²) >= 11 is 0. The molecule has 4 heteroatoms. The number of hydrogen-bond acceptors (Lipinski definition) is 2. The van der Waals surface area contributed by atoms with E-state index in [1.807, 2.05) is 13.8 Å². The fourth-order valence-electron chi connectivity index (χ4n) is 1.13. The number of aromatic nitrogens is 3. The summed E-state index contributed by atoms with van der Waals surface area (Å²) in [5.74, 6) is 5.92. The van der Waals surface area contributed by atoms with Crippen LogP contribution in [0, 0.1) is 11.8 Å². The van der Waals surface area contributed by atoms with Gasteiger partial charge in [-0.15, -0.1) is 5.10 Å². The Morgan fingerprint density at radius 2 is 2.21 bits per heavy atom. The van der Waals surface area contributed by atoms with Crippen molar-refractivity contribution in [2.24, 2.45) is 0 Å². The van der Waals surface area contributed by atoms with Gasteiger partial charge in [-0.1, -0.05) is 25.0 Å². The van der Waals surface area contributed by atoms with E-state index in [1.165, 1.54) is 4.68 Å². The van der Waals surface area contributed by atoms with Gasteiger partial charge in [0.05, 0.1) is 12.2 Å². The Bertz CT molecular complexity index is 346. The molecule has 0 aromatic carbocycles. The van der Waals surface area contributed by atoms with Crippen molar-refractivity contribution >= 4 is 0 Å². The first-order valence-corrected chi connectivity index (χ1v) is 4.80. The van der Waals surface area contributed by atoms with Crippen LogP contribution in [-0.2, 0) is 13.0 Å². The SMILES string of the molecule is CCC#Cc1c(CC)nnn1CCF. The van der Waals surface area contributed by atoms with Gasteiger partial charge in [-0.05, 0) is 12.3 Å². The van der Waals surface area contributed by atoms with Crippen LogP contribution in [0.2, 0.25) is 0 Å². The molecule has 1 aromatic rings. The molecular formula is C10H14FN3. The lowest BCUT2D eigenvalue weighted by Crippen LogP contribution is -2.05. The predicted molar refractivity (Wildman–Crippen MR) is 52.5 cm³/mol. The minimum absolute atomic E-state index is 0.237. The van der Waals surface area contributed by atoms with E-state index in [2.05, 4.69) is 22.2 Å². The van der Waals surface area contributed by atoms with E-state index in [0.717, 1.165) is 24.2 Å². The van der Waals surface area contributed by atoms with Crippen LogP contribution in [-0.4, -0.2) is 21.7 Å². The van der Waals surface area contributed by atoms with Crippen molar-refractivity contribution in [3.05, 3.63) is 11.4 Å². The molecule has 1 aromatic heterocycles. The van der Waals surface area contributed by atoms with Crippen LogP contribution in [0.1, 0.15) is 31.7 Å². The van der Waals surface area contributed by atoms with E-state index in [1.54, 1.807) is 0 Å². The second-order valence-corrected chi connectivity index (χ2v) is 2.81. The Morgan fingerprint density at radius 1 is 1.43 bits per heavy atom. The van der Waals surface area contributed by atoms with Crippen LogP contribution in [0.4, 0.5) is 4.39 Å². The zero-order chi connectivity index (χ0) is 10.4. The van der Waals surface area contributed by atoms with Gasteiger partial charge in [-0.3, -0.25) is 0 Å². The third-order valence-electron chi connectivity index (χ3n) is 1.82. The predicted octanol–water partition coefficient (Wildman–Crippen LogP) is 1.57. The molecule has 1 rings (SSSR count). The average Bonchev–Trinajstić information content (AvgIpc) is 2.58. The summed E-state index contributed by atoms with van der Waals surface area (Å²) in [6.45, 7) is 3.76. The topological polar surface area (TPSA) is 30.7 Å². The fraction of sp³-hybridized carbons (Fsp3) is 0.600. The largest absolute Gasteiger partial charge is 0.249 e. The van der Waals surface area contributed by atoms with E-state index < -0.39 is 6.67 Å². The van der Waals surface area contributed by atoms with E-state index in [4.69, 9.17) is 0 Å². The first kappa shape index (κ1) is 10.7. The highest BCUT2D eigenvalue weighted by atomic mass is 19.1. The van der Waals surface area contributed by atoms with E-state index in [-0.39, 0.29) is 6.54 Å². The molecule has 0 aliphatic heterocycles. The Morgan fingerprint density at radius 3 is 2.79 bits per heavy atom. The Kier molecular flexibility index (Phi) is 4.11. The molecule has 0 fully saturated rings. The Labute approximate surface area is 83.3 Å². The van der Waals surface area contributed by atoms with Gasteiger partial charge >= 0.3 is 0 Å². The zero-order valence-electron chi connectivity index (χ0n) is 8.55. The second kappa shape index (κ2) is 5.38. The van der Waals surface area contributed by atoms with E-state index >= 15 is 0 Å². The lowest BCUT2D eigenvalue weighted by atomic mass is 10.2. The summed E-state index contributed by atoms with van der Waals surface area (Å²) in [7, 11) is 0. The summed E-state index contributed by atoms with van der Waals surface area (Å²) in [6.07, 6.45) is 1.56. The monoisotopic (exact) mass is 195 g/mol. The van der Waals surface area contributed by atoms with Gasteiger partial charge in [0.2, 0.25) is 0 Å². The molecule has 0 unspecified atom stereocenters. The Balaban J connectivity index is 2.99. The molecule has 0 saturated carbocycles. The zero-order valence-corrected chi connectivity index (χ0v) is 8.55. The molecule has 0 radical (unpaired) electrons. The van der Waals surface area contributed by atoms with Crippen molar-refractivity contribution in [3.8, 4) is 11.8 Å². The lowest BCUT2D eigenvalue weighted by Gasteiger charge is -1.97. The van der Waals surface area contributed by atoms with Crippen LogP contribution in [0.15, 0.2) is 0 Å². The molecule has 0 N–H and O–H groups in total. The normalized spacial score (nSPS) is 9.64. The molecule has 0 bridgehead atoms. The smallest absolute Gasteiger partial charge is 0.134 e. The van der Waals surface area contributed by atoms with Gasteiger partial charge in [-0.25, -0.2) is 9.07 Å². The standard InChI is InChI=1S/C10H14FN3/c1-3-5-6-10-9(4-2)12-13-14(10)8-7-11/h3-4,7-8H2,1-2H3. The summed E-state index contributed by atoms with van der Waals surface area (Å²) in [4.78, 5) is 0. The van der Waals surface area contributed by atoms with Gasteiger partial charge in [-0.2, -0.15) is 0 Å². The van der Waals surface area contributed by atoms with Crippen molar-refractivity contribution in [1.82, 2.24) is 15.0 Å². The number of halogens is 1. The summed E-state index contributed by atoms with van der Waals surface area (Å²) in [5, 5.41) is 7.80. The van der Waals surface area contributed by atoms with Crippen molar-refractivity contribution < 1.29 is 4.39 Å². The quantitative estimate of drug-likeness (QED) is 0.685. The maximum Gasteiger partial charge on any atom is 0.134 e. The molecule has 0 atom stereocenters. The molecule has 1 heterocycles. The first-order valence-electron chi connectivity index (χ1n) is 4.80. The lowest BCUT2D eigenvalue weighted by molar-refractivity contribution is 0.420. The van der Waals surface area contributed by atoms with Gasteiger partial charge in [0, 0.05) is 6.42 Å². The summed E-state index contributed by atoms with van der Waals surface area (Å²) < 4.78 is 13.7. The first-order chi connectivity index (χ1) is 6.83. The molecule has 0 spiro atoms. The second-order valence-electron chi connectivity index (χ2n) is 2.81. The van der Waals surface area contributed by atoms with Crippen molar-refractivity contribution in [3.63, 3.8) is 0 Å². The van der Waals surface area contributed by atoms with Gasteiger partial charge in [0.25, 0.3) is 0 Å². The van der Waals surface area contributed by atoms with Crippen molar-refractivity contribution in [2.75, 3.05) is 6.67 Å². The molecular weight excluding hydrogens is 181 g/mol. The van der Waals surface area contributed by atoms with Crippen LogP contribution in [0.3, 0.4) is 0 Å². The molecule has 0 amide bonds. The van der Waals surface area contributed by atoms with Crippen LogP contribution < -0.4 is 0 Å². The molecule has 76 valence electrons. The maximum absolute atomic E-state index is 12.2. The van der Waals surface area contributed by atoms with Crippen molar-refractivity contribution in [2.45, 2.75) is 33.2 Å². The number of nitrogens with zero attached hydrogens (tertiary/aromatic N) is 3. The van der Waals surface area contributed by atoms with E-state index in [0.29, 0.717) is 0 Å². The summed E-state index contributed by atoms with van der Waals surface area (Å²) in [6, 6.07) is 0. The Hall–Kier alpha value is -1.37. The number of hydrogen-bond donors (Lipinski definition) is 0. The summed E-state index contributed by atoms with van der Waals surface area (Å²) in [5.41, 5.74) is 1.60. The fourth-order valence-corrected chi connectivity index (χ4v) is 1.13. The molecule has 3 nitrogen and oxygen atoms in total. The van der Waals surface area contributed by atoms with Gasteiger partial charge in [0.15, 0.2) is 0 Å². The highest BCUT2D eigenvalue weighted by molar-refractivity contribution is 5.31. The highest BCUT2D eigenvalue weighted by Crippen LogP contribution is 2.04. The highest BCUT2D eigenvalue weighted by Gasteiger charge is 2.07. The molecule has 0 aliphatic carbocycles. The van der Waals surface area contributed by atoms with Crippen LogP contribution in [0.5, 0.6) is 0 Å². The van der Waals surface area contributed by atoms with Gasteiger partial charge < -0.3 is 0 Å². The van der Waals surface area contributed by atoms with Gasteiger partial charge in [0.1, 0.15) is 12.4 Å². The van der Waals surface area contributed by atoms with Crippen molar-refractivity contribution in [1.29, 1.82) is 0 Å². The molecule has 0 saturated heterocycles. The number of aryl methyl sites for hydroxylation is 2. The third kappa shape index (κ3) is 2.32. The van der Waals surface area contributed by atoms with Crippen LogP contribution >= 0.6 is 0 Å². The van der Waals surface area contributed by atoms with Crippen LogP contribution in [0.25, 0.3) is 0 Å². The molecule has 0 aliphatic rings. The molecule has 14 heavy (non-hydrogen) atoms. The minimum Gasteiger partial charge on any atom is -0.249 e. The minimum atomic E-state index is -0.437. The maximum atomic E-state index is 12.2. The third-order valence-corrected chi connectivity index (χ3v) is 1.82. The average molecular weight is 195 g/mol. The van der Waals surface area contributed by atoms with E-state index in [9.17, 15) is 4.39 Å².